The number of anilines is 1. The van der Waals surface area contributed by atoms with Crippen LogP contribution in [0.3, 0.4) is 0 Å². The van der Waals surface area contributed by atoms with Crippen LogP contribution in [0.15, 0.2) is 65.1 Å². The fraction of sp³-hybridized carbons (Fsp3) is 0.143. The first kappa shape index (κ1) is 25.1. The average molecular weight is 578 g/mol. The summed E-state index contributed by atoms with van der Waals surface area (Å²) in [5, 5.41) is 27.2. The van der Waals surface area contributed by atoms with E-state index in [0.717, 1.165) is 16.2 Å². The van der Waals surface area contributed by atoms with Crippen molar-refractivity contribution in [2.75, 3.05) is 11.5 Å². The number of hydrogen-bond donors (Lipinski definition) is 4. The number of fused-ring (bicyclic) bond motifs is 2. The van der Waals surface area contributed by atoms with Gasteiger partial charge in [-0.1, -0.05) is 16.9 Å². The van der Waals surface area contributed by atoms with Crippen LogP contribution in [0.1, 0.15) is 5.69 Å². The van der Waals surface area contributed by atoms with Gasteiger partial charge in [-0.2, -0.15) is 0 Å². The van der Waals surface area contributed by atoms with Crippen molar-refractivity contribution in [2.24, 2.45) is 5.16 Å². The smallest absolute Gasteiger partial charge is 0.352 e. The number of rotatable bonds is 7. The highest BCUT2D eigenvalue weighted by Crippen LogP contribution is 2.41. The van der Waals surface area contributed by atoms with E-state index in [1.165, 1.54) is 52.6 Å². The van der Waals surface area contributed by atoms with E-state index >= 15 is 0 Å². The molecular formula is C21H15N5O7S4. The van der Waals surface area contributed by atoms with E-state index in [-0.39, 0.29) is 33.3 Å². The Morgan fingerprint density at radius 2 is 2.19 bits per heavy atom. The van der Waals surface area contributed by atoms with Crippen molar-refractivity contribution in [3.05, 3.63) is 62.4 Å². The van der Waals surface area contributed by atoms with Crippen molar-refractivity contribution in [3.8, 4) is 0 Å². The number of allylic oxidation sites excluding steroid dienone is 1. The van der Waals surface area contributed by atoms with Crippen LogP contribution in [0.4, 0.5) is 5.13 Å². The second-order valence-electron chi connectivity index (χ2n) is 7.52. The summed E-state index contributed by atoms with van der Waals surface area (Å²) >= 11 is 4.93. The van der Waals surface area contributed by atoms with Crippen LogP contribution in [0.25, 0.3) is 10.3 Å². The number of carboxylic acids is 1. The lowest BCUT2D eigenvalue weighted by atomic mass is 10.0. The zero-order valence-electron chi connectivity index (χ0n) is 18.3. The molecule has 3 aromatic rings. The van der Waals surface area contributed by atoms with Gasteiger partial charge in [-0.05, 0) is 23.1 Å². The topological polar surface area (TPSA) is 188 Å². The third-order valence-corrected chi connectivity index (χ3v) is 9.33. The molecule has 190 valence electrons. The average Bonchev–Trinajstić information content (AvgIpc) is 3.52. The van der Waals surface area contributed by atoms with Crippen molar-refractivity contribution in [1.82, 2.24) is 15.2 Å². The molecule has 2 aliphatic heterocycles. The molecule has 1 saturated heterocycles. The number of β-lactam (4-membered cyclic amide) rings is 1. The van der Waals surface area contributed by atoms with E-state index in [2.05, 4.69) is 15.5 Å². The standard InChI is InChI=1S/C21H15N5O7S4/c22-21-23-9(7-36-21)13(25-32)17(28)24-14-18(29)26-15(20(30)31)8(6-35-19(14)26)2-4-34-12-5-10(27)16-11(37-12)1-3-33-16/h1-5,7,14,19,32H,6H2,(H2,22,23)(H,24,28)(H,30,31)/t14?,19-/m0/s1. The van der Waals surface area contributed by atoms with Gasteiger partial charge < -0.3 is 25.8 Å². The van der Waals surface area contributed by atoms with Gasteiger partial charge in [-0.25, -0.2) is 9.78 Å². The number of aliphatic carboxylic acids is 1. The molecule has 0 aliphatic carbocycles. The molecular weight excluding hydrogens is 563 g/mol. The van der Waals surface area contributed by atoms with Gasteiger partial charge in [0, 0.05) is 17.2 Å². The Balaban J connectivity index is 1.31. The zero-order valence-corrected chi connectivity index (χ0v) is 21.6. The predicted octanol–water partition coefficient (Wildman–Crippen LogP) is 2.12. The Bertz CT molecular complexity index is 1590. The van der Waals surface area contributed by atoms with E-state index in [4.69, 9.17) is 10.2 Å². The molecule has 2 aliphatic rings. The summed E-state index contributed by atoms with van der Waals surface area (Å²) in [7, 11) is 0. The summed E-state index contributed by atoms with van der Waals surface area (Å²) in [6, 6.07) is 2.13. The minimum absolute atomic E-state index is 0.0513. The number of nitrogens with two attached hydrogens (primary N) is 1. The number of nitrogens with zero attached hydrogens (tertiary/aromatic N) is 3. The minimum atomic E-state index is -1.28. The molecule has 5 rings (SSSR count). The van der Waals surface area contributed by atoms with Crippen LogP contribution in [0.5, 0.6) is 0 Å². The molecule has 16 heteroatoms. The van der Waals surface area contributed by atoms with Crippen molar-refractivity contribution in [1.29, 1.82) is 0 Å². The number of carboxylic acid groups (broad SMARTS) is 1. The highest BCUT2D eigenvalue weighted by atomic mass is 32.2. The Labute approximate surface area is 223 Å². The summed E-state index contributed by atoms with van der Waals surface area (Å²) in [5.41, 5.74) is 5.46. The molecule has 0 aromatic carbocycles. The fourth-order valence-corrected chi connectivity index (χ4v) is 7.48. The number of oxime groups is 1. The summed E-state index contributed by atoms with van der Waals surface area (Å²) in [6.07, 6.45) is 3.04. The Hall–Kier alpha value is -3.60. The van der Waals surface area contributed by atoms with Gasteiger partial charge in [0.05, 0.1) is 15.2 Å². The number of nitrogen functional groups attached to an aromatic ring is 1. The van der Waals surface area contributed by atoms with E-state index in [0.29, 0.717) is 14.5 Å². The number of aromatic nitrogens is 1. The quantitative estimate of drug-likeness (QED) is 0.106. The van der Waals surface area contributed by atoms with Gasteiger partial charge in [-0.3, -0.25) is 19.3 Å². The molecule has 3 aromatic heterocycles. The SMILES string of the molecule is Nc1nc(C(=NO)C(=O)NC2C(=O)N3C(C(=O)O)=C(C=CSc4cc(=O)c5occc5s4)CS[C@@H]23)cs1. The van der Waals surface area contributed by atoms with Gasteiger partial charge in [0.15, 0.2) is 16.4 Å². The van der Waals surface area contributed by atoms with Gasteiger partial charge in [0.1, 0.15) is 22.8 Å². The van der Waals surface area contributed by atoms with E-state index in [1.807, 2.05) is 0 Å². The molecule has 1 unspecified atom stereocenters. The molecule has 2 atom stereocenters. The number of amides is 2. The lowest BCUT2D eigenvalue weighted by Gasteiger charge is -2.49. The summed E-state index contributed by atoms with van der Waals surface area (Å²) < 4.78 is 6.56. The molecule has 5 heterocycles. The van der Waals surface area contributed by atoms with E-state index < -0.39 is 34.9 Å². The summed E-state index contributed by atoms with van der Waals surface area (Å²) in [4.78, 5) is 54.7. The normalized spacial score (nSPS) is 19.8. The Kier molecular flexibility index (Phi) is 6.80. The third kappa shape index (κ3) is 4.63. The second kappa shape index (κ2) is 10.0. The minimum Gasteiger partial charge on any atom is -0.477 e. The molecule has 1 fully saturated rings. The number of hydrogen-bond acceptors (Lipinski definition) is 13. The maximum absolute atomic E-state index is 12.9. The Morgan fingerprint density at radius 3 is 2.89 bits per heavy atom. The van der Waals surface area contributed by atoms with Crippen LogP contribution >= 0.6 is 46.2 Å². The number of furan rings is 1. The highest BCUT2D eigenvalue weighted by Gasteiger charge is 2.54. The summed E-state index contributed by atoms with van der Waals surface area (Å²) in [5.74, 6) is -2.48. The second-order valence-corrected chi connectivity index (χ2v) is 11.8. The van der Waals surface area contributed by atoms with Crippen LogP contribution in [0.2, 0.25) is 0 Å². The van der Waals surface area contributed by atoms with E-state index in [1.54, 1.807) is 17.6 Å². The van der Waals surface area contributed by atoms with Crippen molar-refractivity contribution in [3.63, 3.8) is 0 Å². The third-order valence-electron chi connectivity index (χ3n) is 5.33. The van der Waals surface area contributed by atoms with Gasteiger partial charge in [0.2, 0.25) is 5.43 Å². The lowest BCUT2D eigenvalue weighted by Crippen LogP contribution is -2.71. The number of nitrogens with one attached hydrogen (secondary N) is 1. The first-order valence-corrected chi connectivity index (χ1v) is 13.9. The molecule has 37 heavy (non-hydrogen) atoms. The van der Waals surface area contributed by atoms with Gasteiger partial charge >= 0.3 is 5.97 Å². The zero-order chi connectivity index (χ0) is 26.3. The van der Waals surface area contributed by atoms with Crippen molar-refractivity contribution >= 4 is 85.1 Å². The van der Waals surface area contributed by atoms with Crippen molar-refractivity contribution in [2.45, 2.75) is 15.6 Å². The van der Waals surface area contributed by atoms with Crippen LogP contribution in [-0.4, -0.2) is 60.9 Å². The van der Waals surface area contributed by atoms with Gasteiger partial charge in [-0.15, -0.1) is 34.4 Å². The number of carbonyl (C=O) groups excluding carboxylic acids is 2. The van der Waals surface area contributed by atoms with Crippen molar-refractivity contribution < 1.29 is 29.1 Å². The number of thioether (sulfide) groups is 2. The molecule has 0 saturated carbocycles. The molecule has 12 nitrogen and oxygen atoms in total. The molecule has 0 spiro atoms. The van der Waals surface area contributed by atoms with E-state index in [9.17, 15) is 29.5 Å². The monoisotopic (exact) mass is 577 g/mol. The molecule has 0 radical (unpaired) electrons. The number of thiazole rings is 1. The lowest BCUT2D eigenvalue weighted by molar-refractivity contribution is -0.150. The Morgan fingerprint density at radius 1 is 1.38 bits per heavy atom. The molecule has 5 N–H and O–H groups in total. The largest absolute Gasteiger partial charge is 0.477 e. The van der Waals surface area contributed by atoms with Crippen LogP contribution < -0.4 is 16.5 Å². The predicted molar refractivity (Wildman–Crippen MR) is 140 cm³/mol. The van der Waals surface area contributed by atoms with Crippen LogP contribution in [0, 0.1) is 0 Å². The number of carbonyl (C=O) groups is 3. The maximum Gasteiger partial charge on any atom is 0.352 e. The fourth-order valence-electron chi connectivity index (χ4n) is 3.70. The summed E-state index contributed by atoms with van der Waals surface area (Å²) in [6.45, 7) is 0. The highest BCUT2D eigenvalue weighted by molar-refractivity contribution is 8.04. The van der Waals surface area contributed by atoms with Gasteiger partial charge in [0.25, 0.3) is 11.8 Å². The molecule has 0 bridgehead atoms. The first-order chi connectivity index (χ1) is 17.8. The van der Waals surface area contributed by atoms with Crippen LogP contribution in [-0.2, 0) is 14.4 Å². The molecule has 2 amide bonds. The first-order valence-electron chi connectivity index (χ1n) is 10.3. The maximum atomic E-state index is 12.9.